The predicted molar refractivity (Wildman–Crippen MR) is 144 cm³/mol. The lowest BCUT2D eigenvalue weighted by atomic mass is 9.91. The van der Waals surface area contributed by atoms with Gasteiger partial charge in [-0.3, -0.25) is 4.79 Å². The van der Waals surface area contributed by atoms with E-state index in [9.17, 15) is 18.0 Å². The van der Waals surface area contributed by atoms with Crippen LogP contribution in [0.25, 0.3) is 11.1 Å². The molecule has 2 aliphatic heterocycles. The van der Waals surface area contributed by atoms with E-state index in [4.69, 9.17) is 23.7 Å². The standard InChI is InChI=1S/C32H31F3O6/c1-37-30(36)15-20-17-40-29-16-22(8-9-24(20)29)41-28-13-11-26-25(28)10-12-27(32(33,34)35)31(26)19-4-6-21(7-5-19)39-18-23-3-2-14-38-23/h4-10,12,16,20,23,28H,2-3,11,13-15,17-18H2,1H3/t20?,23?,28-/m1/s1. The molecule has 1 saturated heterocycles. The molecule has 6 rings (SSSR count). The molecule has 0 aromatic heterocycles. The number of benzene rings is 3. The molecule has 0 spiro atoms. The first-order chi connectivity index (χ1) is 19.8. The maximum absolute atomic E-state index is 14.2. The molecule has 9 heteroatoms. The largest absolute Gasteiger partial charge is 0.492 e. The van der Waals surface area contributed by atoms with Gasteiger partial charge in [0.2, 0.25) is 0 Å². The van der Waals surface area contributed by atoms with Gasteiger partial charge in [-0.15, -0.1) is 0 Å². The molecule has 0 amide bonds. The molecule has 0 bridgehead atoms. The number of methoxy groups -OCH3 is 1. The number of alkyl halides is 3. The molecule has 2 heterocycles. The number of carbonyl (C=O) groups is 1. The van der Waals surface area contributed by atoms with Crippen LogP contribution in [0.5, 0.6) is 17.2 Å². The minimum absolute atomic E-state index is 0.0550. The number of ether oxygens (including phenoxy) is 5. The van der Waals surface area contributed by atoms with E-state index in [0.29, 0.717) is 54.4 Å². The van der Waals surface area contributed by atoms with Crippen molar-refractivity contribution in [3.05, 3.63) is 76.9 Å². The van der Waals surface area contributed by atoms with E-state index in [1.54, 1.807) is 30.3 Å². The monoisotopic (exact) mass is 568 g/mol. The minimum atomic E-state index is -4.50. The first-order valence-corrected chi connectivity index (χ1v) is 13.9. The Morgan fingerprint density at radius 1 is 1.00 bits per heavy atom. The van der Waals surface area contributed by atoms with Crippen LogP contribution >= 0.6 is 0 Å². The van der Waals surface area contributed by atoms with Crippen LogP contribution in [0.4, 0.5) is 13.2 Å². The van der Waals surface area contributed by atoms with E-state index in [0.717, 1.165) is 36.6 Å². The third-order valence-electron chi connectivity index (χ3n) is 8.04. The van der Waals surface area contributed by atoms with Crippen LogP contribution in [0, 0.1) is 0 Å². The van der Waals surface area contributed by atoms with Crippen molar-refractivity contribution in [2.24, 2.45) is 0 Å². The first kappa shape index (κ1) is 27.4. The van der Waals surface area contributed by atoms with Crippen LogP contribution in [0.2, 0.25) is 0 Å². The summed E-state index contributed by atoms with van der Waals surface area (Å²) < 4.78 is 70.8. The maximum atomic E-state index is 14.2. The normalized spacial score (nSPS) is 21.2. The summed E-state index contributed by atoms with van der Waals surface area (Å²) in [4.78, 5) is 11.7. The summed E-state index contributed by atoms with van der Waals surface area (Å²) in [6.07, 6.45) is -1.66. The second-order valence-electron chi connectivity index (χ2n) is 10.7. The lowest BCUT2D eigenvalue weighted by molar-refractivity contribution is -0.141. The summed E-state index contributed by atoms with van der Waals surface area (Å²) in [5, 5.41) is 0. The lowest BCUT2D eigenvalue weighted by Crippen LogP contribution is -2.16. The Bertz CT molecular complexity index is 1410. The zero-order chi connectivity index (χ0) is 28.6. The Hall–Kier alpha value is -3.72. The van der Waals surface area contributed by atoms with E-state index in [2.05, 4.69) is 0 Å². The molecule has 3 aromatic carbocycles. The highest BCUT2D eigenvalue weighted by atomic mass is 19.4. The molecule has 3 aromatic rings. The molecular formula is C32H31F3O6. The van der Waals surface area contributed by atoms with Gasteiger partial charge in [-0.05, 0) is 72.2 Å². The lowest BCUT2D eigenvalue weighted by Gasteiger charge is -2.20. The van der Waals surface area contributed by atoms with Gasteiger partial charge in [0.1, 0.15) is 30.0 Å². The molecule has 1 aliphatic carbocycles. The molecule has 41 heavy (non-hydrogen) atoms. The van der Waals surface area contributed by atoms with Crippen molar-refractivity contribution in [3.8, 4) is 28.4 Å². The molecule has 0 radical (unpaired) electrons. The molecule has 0 saturated carbocycles. The van der Waals surface area contributed by atoms with Crippen LogP contribution in [-0.4, -0.2) is 39.0 Å². The summed E-state index contributed by atoms with van der Waals surface area (Å²) in [5.74, 6) is 1.41. The highest BCUT2D eigenvalue weighted by molar-refractivity contribution is 5.75. The predicted octanol–water partition coefficient (Wildman–Crippen LogP) is 7.04. The van der Waals surface area contributed by atoms with E-state index in [1.807, 2.05) is 12.1 Å². The number of hydrogen-bond donors (Lipinski definition) is 0. The minimum Gasteiger partial charge on any atom is -0.492 e. The Kier molecular flexibility index (Phi) is 7.55. The molecule has 2 unspecified atom stereocenters. The molecular weight excluding hydrogens is 537 g/mol. The molecule has 3 aliphatic rings. The number of carbonyl (C=O) groups excluding carboxylic acids is 1. The molecule has 1 fully saturated rings. The zero-order valence-electron chi connectivity index (χ0n) is 22.7. The Balaban J connectivity index is 1.23. The fourth-order valence-corrected chi connectivity index (χ4v) is 5.99. The molecule has 0 N–H and O–H groups in total. The number of fused-ring (bicyclic) bond motifs is 2. The van der Waals surface area contributed by atoms with Crippen LogP contribution in [0.15, 0.2) is 54.6 Å². The fourth-order valence-electron chi connectivity index (χ4n) is 5.99. The highest BCUT2D eigenvalue weighted by Crippen LogP contribution is 2.47. The fraction of sp³-hybridized carbons (Fsp3) is 0.406. The van der Waals surface area contributed by atoms with Gasteiger partial charge in [0, 0.05) is 24.2 Å². The van der Waals surface area contributed by atoms with Crippen LogP contribution in [0.1, 0.15) is 60.0 Å². The number of rotatable bonds is 8. The Morgan fingerprint density at radius 2 is 1.78 bits per heavy atom. The highest BCUT2D eigenvalue weighted by Gasteiger charge is 2.38. The van der Waals surface area contributed by atoms with E-state index < -0.39 is 17.8 Å². The third kappa shape index (κ3) is 5.73. The summed E-state index contributed by atoms with van der Waals surface area (Å²) in [7, 11) is 1.36. The van der Waals surface area contributed by atoms with Crippen molar-refractivity contribution in [2.75, 3.05) is 26.9 Å². The number of halogens is 3. The second-order valence-corrected chi connectivity index (χ2v) is 10.7. The van der Waals surface area contributed by atoms with Crippen molar-refractivity contribution in [3.63, 3.8) is 0 Å². The summed E-state index contributed by atoms with van der Waals surface area (Å²) in [5.41, 5.74) is 2.32. The SMILES string of the molecule is COC(=O)CC1COc2cc(O[C@@H]3CCc4c3ccc(C(F)(F)F)c4-c3ccc(OCC4CCCO4)cc3)ccc21. The van der Waals surface area contributed by atoms with Gasteiger partial charge >= 0.3 is 12.1 Å². The van der Waals surface area contributed by atoms with Crippen LogP contribution < -0.4 is 14.2 Å². The summed E-state index contributed by atoms with van der Waals surface area (Å²) in [6, 6.07) is 15.0. The average molecular weight is 569 g/mol. The first-order valence-electron chi connectivity index (χ1n) is 13.9. The number of hydrogen-bond acceptors (Lipinski definition) is 6. The van der Waals surface area contributed by atoms with Crippen molar-refractivity contribution < 1.29 is 41.7 Å². The van der Waals surface area contributed by atoms with E-state index in [1.165, 1.54) is 13.2 Å². The summed E-state index contributed by atoms with van der Waals surface area (Å²) in [6.45, 7) is 1.53. The smallest absolute Gasteiger partial charge is 0.417 e. The quantitative estimate of drug-likeness (QED) is 0.272. The van der Waals surface area contributed by atoms with Gasteiger partial charge in [-0.1, -0.05) is 24.3 Å². The van der Waals surface area contributed by atoms with Crippen molar-refractivity contribution in [1.29, 1.82) is 0 Å². The maximum Gasteiger partial charge on any atom is 0.417 e. The van der Waals surface area contributed by atoms with E-state index in [-0.39, 0.29) is 30.0 Å². The Labute approximate surface area is 236 Å². The zero-order valence-corrected chi connectivity index (χ0v) is 22.7. The second kappa shape index (κ2) is 11.3. The average Bonchev–Trinajstić information content (AvgIpc) is 3.72. The topological polar surface area (TPSA) is 63.2 Å². The van der Waals surface area contributed by atoms with Crippen LogP contribution in [-0.2, 0) is 26.9 Å². The summed E-state index contributed by atoms with van der Waals surface area (Å²) >= 11 is 0. The van der Waals surface area contributed by atoms with Gasteiger partial charge in [0.15, 0.2) is 0 Å². The molecule has 6 nitrogen and oxygen atoms in total. The third-order valence-corrected chi connectivity index (χ3v) is 8.04. The van der Waals surface area contributed by atoms with Crippen molar-refractivity contribution >= 4 is 5.97 Å². The van der Waals surface area contributed by atoms with Gasteiger partial charge in [-0.25, -0.2) is 0 Å². The van der Waals surface area contributed by atoms with E-state index >= 15 is 0 Å². The van der Waals surface area contributed by atoms with Gasteiger partial charge in [0.05, 0.1) is 31.8 Å². The van der Waals surface area contributed by atoms with Gasteiger partial charge < -0.3 is 23.7 Å². The van der Waals surface area contributed by atoms with Gasteiger partial charge in [-0.2, -0.15) is 13.2 Å². The number of esters is 1. The van der Waals surface area contributed by atoms with Gasteiger partial charge in [0.25, 0.3) is 0 Å². The molecule has 3 atom stereocenters. The van der Waals surface area contributed by atoms with Crippen molar-refractivity contribution in [1.82, 2.24) is 0 Å². The van der Waals surface area contributed by atoms with Crippen molar-refractivity contribution in [2.45, 2.75) is 56.4 Å². The van der Waals surface area contributed by atoms with Crippen LogP contribution in [0.3, 0.4) is 0 Å². The molecule has 216 valence electrons. The Morgan fingerprint density at radius 3 is 2.51 bits per heavy atom.